The third kappa shape index (κ3) is 7.32. The van der Waals surface area contributed by atoms with Crippen molar-refractivity contribution < 1.29 is 19.5 Å². The molecular formula is C11H20N2O4. The molecule has 2 amide bonds. The fourth-order valence-corrected chi connectivity index (χ4v) is 1.29. The molecule has 1 unspecified atom stereocenters. The number of carbonyl (C=O) groups excluding carboxylic acids is 2. The van der Waals surface area contributed by atoms with E-state index in [1.165, 1.54) is 0 Å². The van der Waals surface area contributed by atoms with Crippen molar-refractivity contribution in [1.29, 1.82) is 0 Å². The molecule has 0 rings (SSSR count). The van der Waals surface area contributed by atoms with Crippen LogP contribution in [0.5, 0.6) is 0 Å². The van der Waals surface area contributed by atoms with E-state index in [9.17, 15) is 14.4 Å². The molecule has 1 atom stereocenters. The van der Waals surface area contributed by atoms with Gasteiger partial charge in [-0.15, -0.1) is 0 Å². The monoisotopic (exact) mass is 244 g/mol. The van der Waals surface area contributed by atoms with Crippen LogP contribution in [0.2, 0.25) is 0 Å². The lowest BCUT2D eigenvalue weighted by Gasteiger charge is -2.13. The first kappa shape index (κ1) is 15.4. The van der Waals surface area contributed by atoms with Crippen LogP contribution in [-0.4, -0.2) is 35.5 Å². The second-order valence-corrected chi connectivity index (χ2v) is 3.77. The smallest absolute Gasteiger partial charge is 0.326 e. The van der Waals surface area contributed by atoms with Gasteiger partial charge in [-0.05, 0) is 12.8 Å². The van der Waals surface area contributed by atoms with Gasteiger partial charge in [0.1, 0.15) is 6.04 Å². The standard InChI is InChI=1S/C11H20N2O4/c1-3-5-8(11(16)17)13-10(15)7-12-9(14)6-4-2/h8H,3-7H2,1-2H3,(H,12,14)(H,13,15)(H,16,17). The van der Waals surface area contributed by atoms with Gasteiger partial charge in [0.15, 0.2) is 0 Å². The molecule has 6 nitrogen and oxygen atoms in total. The van der Waals surface area contributed by atoms with E-state index < -0.39 is 17.9 Å². The number of carboxylic acids is 1. The summed E-state index contributed by atoms with van der Waals surface area (Å²) >= 11 is 0. The maximum Gasteiger partial charge on any atom is 0.326 e. The van der Waals surface area contributed by atoms with Crippen LogP contribution < -0.4 is 10.6 Å². The molecule has 17 heavy (non-hydrogen) atoms. The largest absolute Gasteiger partial charge is 0.480 e. The maximum absolute atomic E-state index is 11.4. The van der Waals surface area contributed by atoms with Crippen molar-refractivity contribution in [3.63, 3.8) is 0 Å². The molecule has 98 valence electrons. The normalized spacial score (nSPS) is 11.6. The van der Waals surface area contributed by atoms with Crippen molar-refractivity contribution in [2.75, 3.05) is 6.54 Å². The van der Waals surface area contributed by atoms with Crippen LogP contribution >= 0.6 is 0 Å². The molecule has 0 saturated carbocycles. The molecule has 0 aromatic heterocycles. The van der Waals surface area contributed by atoms with Gasteiger partial charge in [0.25, 0.3) is 0 Å². The Bertz CT molecular complexity index is 279. The van der Waals surface area contributed by atoms with Gasteiger partial charge in [0, 0.05) is 6.42 Å². The zero-order chi connectivity index (χ0) is 13.3. The Hall–Kier alpha value is -1.59. The maximum atomic E-state index is 11.4. The highest BCUT2D eigenvalue weighted by Gasteiger charge is 2.18. The summed E-state index contributed by atoms with van der Waals surface area (Å²) in [6.45, 7) is 3.53. The number of nitrogens with one attached hydrogen (secondary N) is 2. The Morgan fingerprint density at radius 1 is 1.12 bits per heavy atom. The number of hydrogen-bond donors (Lipinski definition) is 3. The first-order valence-electron chi connectivity index (χ1n) is 5.80. The summed E-state index contributed by atoms with van der Waals surface area (Å²) in [4.78, 5) is 33.2. The van der Waals surface area contributed by atoms with Crippen molar-refractivity contribution in [3.05, 3.63) is 0 Å². The van der Waals surface area contributed by atoms with Gasteiger partial charge in [-0.25, -0.2) is 4.79 Å². The summed E-state index contributed by atoms with van der Waals surface area (Å²) in [6, 6.07) is -0.879. The lowest BCUT2D eigenvalue weighted by Crippen LogP contribution is -2.45. The average Bonchev–Trinajstić information content (AvgIpc) is 2.26. The van der Waals surface area contributed by atoms with E-state index in [2.05, 4.69) is 10.6 Å². The van der Waals surface area contributed by atoms with Gasteiger partial charge >= 0.3 is 5.97 Å². The predicted octanol–water partition coefficient (Wildman–Crippen LogP) is 0.272. The molecule has 0 spiro atoms. The first-order valence-corrected chi connectivity index (χ1v) is 5.80. The van der Waals surface area contributed by atoms with E-state index in [4.69, 9.17) is 5.11 Å². The third-order valence-corrected chi connectivity index (χ3v) is 2.13. The molecule has 0 saturated heterocycles. The summed E-state index contributed by atoms with van der Waals surface area (Å²) < 4.78 is 0. The third-order valence-electron chi connectivity index (χ3n) is 2.13. The van der Waals surface area contributed by atoms with Crippen LogP contribution in [0, 0.1) is 0 Å². The average molecular weight is 244 g/mol. The van der Waals surface area contributed by atoms with Gasteiger partial charge in [-0.3, -0.25) is 9.59 Å². The minimum absolute atomic E-state index is 0.174. The lowest BCUT2D eigenvalue weighted by atomic mass is 10.1. The molecule has 6 heteroatoms. The van der Waals surface area contributed by atoms with Gasteiger partial charge in [-0.2, -0.15) is 0 Å². The molecule has 0 fully saturated rings. The molecule has 0 heterocycles. The fraction of sp³-hybridized carbons (Fsp3) is 0.727. The molecule has 0 aromatic rings. The zero-order valence-corrected chi connectivity index (χ0v) is 10.3. The number of hydrogen-bond acceptors (Lipinski definition) is 3. The Labute approximate surface area is 101 Å². The van der Waals surface area contributed by atoms with Crippen molar-refractivity contribution in [1.82, 2.24) is 10.6 Å². The van der Waals surface area contributed by atoms with E-state index in [1.807, 2.05) is 13.8 Å². The summed E-state index contributed by atoms with van der Waals surface area (Å²) in [5.74, 6) is -1.74. The minimum atomic E-state index is -1.06. The van der Waals surface area contributed by atoms with E-state index in [1.54, 1.807) is 0 Å². The molecule has 3 N–H and O–H groups in total. The number of aliphatic carboxylic acids is 1. The molecular weight excluding hydrogens is 224 g/mol. The van der Waals surface area contributed by atoms with Crippen molar-refractivity contribution >= 4 is 17.8 Å². The van der Waals surface area contributed by atoms with Crippen LogP contribution in [-0.2, 0) is 14.4 Å². The van der Waals surface area contributed by atoms with E-state index >= 15 is 0 Å². The van der Waals surface area contributed by atoms with Crippen LogP contribution in [0.1, 0.15) is 39.5 Å². The van der Waals surface area contributed by atoms with Crippen LogP contribution in [0.4, 0.5) is 0 Å². The van der Waals surface area contributed by atoms with Crippen molar-refractivity contribution in [3.8, 4) is 0 Å². The first-order chi connectivity index (χ1) is 8.01. The Morgan fingerprint density at radius 2 is 1.76 bits per heavy atom. The Kier molecular flexibility index (Phi) is 7.75. The molecule has 0 radical (unpaired) electrons. The highest BCUT2D eigenvalue weighted by molar-refractivity contribution is 5.87. The van der Waals surface area contributed by atoms with E-state index in [0.29, 0.717) is 25.7 Å². The van der Waals surface area contributed by atoms with Gasteiger partial charge < -0.3 is 15.7 Å². The van der Waals surface area contributed by atoms with Crippen LogP contribution in [0.15, 0.2) is 0 Å². The van der Waals surface area contributed by atoms with Crippen LogP contribution in [0.25, 0.3) is 0 Å². The van der Waals surface area contributed by atoms with E-state index in [-0.39, 0.29) is 12.5 Å². The zero-order valence-electron chi connectivity index (χ0n) is 10.3. The second kappa shape index (κ2) is 8.55. The van der Waals surface area contributed by atoms with Crippen molar-refractivity contribution in [2.24, 2.45) is 0 Å². The Balaban J connectivity index is 3.98. The number of rotatable bonds is 8. The molecule has 0 aliphatic carbocycles. The quantitative estimate of drug-likeness (QED) is 0.571. The summed E-state index contributed by atoms with van der Waals surface area (Å²) in [7, 11) is 0. The molecule has 0 aliphatic rings. The Morgan fingerprint density at radius 3 is 2.24 bits per heavy atom. The highest BCUT2D eigenvalue weighted by atomic mass is 16.4. The van der Waals surface area contributed by atoms with Crippen LogP contribution in [0.3, 0.4) is 0 Å². The number of carboxylic acid groups (broad SMARTS) is 1. The van der Waals surface area contributed by atoms with Crippen molar-refractivity contribution in [2.45, 2.75) is 45.6 Å². The number of carbonyl (C=O) groups is 3. The molecule has 0 aromatic carbocycles. The molecule has 0 bridgehead atoms. The number of amides is 2. The lowest BCUT2D eigenvalue weighted by molar-refractivity contribution is -0.141. The topological polar surface area (TPSA) is 95.5 Å². The molecule has 0 aliphatic heterocycles. The summed E-state index contributed by atoms with van der Waals surface area (Å²) in [5, 5.41) is 13.6. The fourth-order valence-electron chi connectivity index (χ4n) is 1.29. The van der Waals surface area contributed by atoms with Gasteiger partial charge in [0.05, 0.1) is 6.54 Å². The predicted molar refractivity (Wildman–Crippen MR) is 62.4 cm³/mol. The minimum Gasteiger partial charge on any atom is -0.480 e. The van der Waals surface area contributed by atoms with Gasteiger partial charge in [0.2, 0.25) is 11.8 Å². The van der Waals surface area contributed by atoms with Gasteiger partial charge in [-0.1, -0.05) is 20.3 Å². The second-order valence-electron chi connectivity index (χ2n) is 3.77. The van der Waals surface area contributed by atoms with E-state index in [0.717, 1.165) is 0 Å². The highest BCUT2D eigenvalue weighted by Crippen LogP contribution is 1.96. The summed E-state index contributed by atoms with van der Waals surface area (Å²) in [6.07, 6.45) is 2.12. The summed E-state index contributed by atoms with van der Waals surface area (Å²) in [5.41, 5.74) is 0. The SMILES string of the molecule is CCCC(=O)NCC(=O)NC(CCC)C(=O)O.